The standard InChI is InChI=1S/C23H27N3O3/c1-25(2)19-9-5-17(6-10-19)16-26(3)23(27)14-13-22-24-15-21(29-22)18-7-11-20(28-4)12-8-18/h5-12,15H,13-14,16H2,1-4H3. The third kappa shape index (κ3) is 5.38. The lowest BCUT2D eigenvalue weighted by molar-refractivity contribution is -0.130. The second-order valence-corrected chi connectivity index (χ2v) is 7.16. The molecule has 0 atom stereocenters. The lowest BCUT2D eigenvalue weighted by Crippen LogP contribution is -2.26. The quantitative estimate of drug-likeness (QED) is 0.579. The fourth-order valence-electron chi connectivity index (χ4n) is 2.98. The average Bonchev–Trinajstić information content (AvgIpc) is 3.21. The van der Waals surface area contributed by atoms with Crippen molar-refractivity contribution in [2.24, 2.45) is 0 Å². The zero-order valence-electron chi connectivity index (χ0n) is 17.4. The van der Waals surface area contributed by atoms with Crippen LogP contribution in [0, 0.1) is 0 Å². The predicted molar refractivity (Wildman–Crippen MR) is 114 cm³/mol. The molecule has 6 nitrogen and oxygen atoms in total. The van der Waals surface area contributed by atoms with Gasteiger partial charge in [-0.05, 0) is 42.0 Å². The molecule has 0 aliphatic heterocycles. The number of nitrogens with zero attached hydrogens (tertiary/aromatic N) is 3. The number of carbonyl (C=O) groups excluding carboxylic acids is 1. The van der Waals surface area contributed by atoms with Crippen molar-refractivity contribution >= 4 is 11.6 Å². The van der Waals surface area contributed by atoms with Crippen LogP contribution >= 0.6 is 0 Å². The summed E-state index contributed by atoms with van der Waals surface area (Å²) in [5.74, 6) is 2.10. The minimum absolute atomic E-state index is 0.0610. The second-order valence-electron chi connectivity index (χ2n) is 7.16. The molecule has 0 N–H and O–H groups in total. The van der Waals surface area contributed by atoms with Gasteiger partial charge in [0, 0.05) is 51.8 Å². The molecular formula is C23H27N3O3. The van der Waals surface area contributed by atoms with Crippen molar-refractivity contribution in [1.82, 2.24) is 9.88 Å². The number of ether oxygens (including phenoxy) is 1. The minimum atomic E-state index is 0.0610. The second kappa shape index (κ2) is 9.28. The maximum absolute atomic E-state index is 12.5. The molecule has 1 heterocycles. The highest BCUT2D eigenvalue weighted by molar-refractivity contribution is 5.76. The summed E-state index contributed by atoms with van der Waals surface area (Å²) in [4.78, 5) is 20.6. The fraction of sp³-hybridized carbons (Fsp3) is 0.304. The summed E-state index contributed by atoms with van der Waals surface area (Å²) < 4.78 is 11.0. The van der Waals surface area contributed by atoms with Gasteiger partial charge in [-0.1, -0.05) is 12.1 Å². The van der Waals surface area contributed by atoms with Gasteiger partial charge in [0.15, 0.2) is 11.7 Å². The van der Waals surface area contributed by atoms with Crippen LogP contribution in [-0.4, -0.2) is 44.0 Å². The van der Waals surface area contributed by atoms with Gasteiger partial charge in [-0.25, -0.2) is 4.98 Å². The van der Waals surface area contributed by atoms with Crippen molar-refractivity contribution in [3.8, 4) is 17.1 Å². The van der Waals surface area contributed by atoms with Crippen LogP contribution in [0.2, 0.25) is 0 Å². The van der Waals surface area contributed by atoms with Crippen LogP contribution in [0.15, 0.2) is 59.1 Å². The topological polar surface area (TPSA) is 58.8 Å². The smallest absolute Gasteiger partial charge is 0.223 e. The lowest BCUT2D eigenvalue weighted by Gasteiger charge is -2.18. The Hall–Kier alpha value is -3.28. The molecule has 0 aliphatic carbocycles. The van der Waals surface area contributed by atoms with Crippen LogP contribution in [0.3, 0.4) is 0 Å². The Morgan fingerprint density at radius 1 is 1.03 bits per heavy atom. The van der Waals surface area contributed by atoms with Crippen LogP contribution in [0.5, 0.6) is 5.75 Å². The average molecular weight is 393 g/mol. The Labute approximate surface area is 171 Å². The number of amides is 1. The van der Waals surface area contributed by atoms with Gasteiger partial charge in [-0.3, -0.25) is 4.79 Å². The molecule has 0 spiro atoms. The first-order valence-electron chi connectivity index (χ1n) is 9.55. The Bertz CT molecular complexity index is 931. The molecule has 0 unspecified atom stereocenters. The Morgan fingerprint density at radius 2 is 1.72 bits per heavy atom. The number of hydrogen-bond donors (Lipinski definition) is 0. The number of carbonyl (C=O) groups is 1. The minimum Gasteiger partial charge on any atom is -0.497 e. The van der Waals surface area contributed by atoms with Gasteiger partial charge in [-0.2, -0.15) is 0 Å². The lowest BCUT2D eigenvalue weighted by atomic mass is 10.2. The number of rotatable bonds is 8. The van der Waals surface area contributed by atoms with Gasteiger partial charge < -0.3 is 19.0 Å². The third-order valence-electron chi connectivity index (χ3n) is 4.78. The first-order chi connectivity index (χ1) is 14.0. The van der Waals surface area contributed by atoms with E-state index in [0.717, 1.165) is 22.6 Å². The molecule has 2 aromatic carbocycles. The van der Waals surface area contributed by atoms with Crippen LogP contribution in [0.1, 0.15) is 17.9 Å². The molecular weight excluding hydrogens is 366 g/mol. The Morgan fingerprint density at radius 3 is 2.34 bits per heavy atom. The van der Waals surface area contributed by atoms with Crippen molar-refractivity contribution < 1.29 is 13.9 Å². The van der Waals surface area contributed by atoms with Gasteiger partial charge in [-0.15, -0.1) is 0 Å². The van der Waals surface area contributed by atoms with E-state index >= 15 is 0 Å². The van der Waals surface area contributed by atoms with Crippen LogP contribution < -0.4 is 9.64 Å². The van der Waals surface area contributed by atoms with Crippen LogP contribution in [0.25, 0.3) is 11.3 Å². The molecule has 0 bridgehead atoms. The monoisotopic (exact) mass is 393 g/mol. The summed E-state index contributed by atoms with van der Waals surface area (Å²) in [6.45, 7) is 0.579. The highest BCUT2D eigenvalue weighted by Crippen LogP contribution is 2.23. The largest absolute Gasteiger partial charge is 0.497 e. The van der Waals surface area contributed by atoms with Gasteiger partial charge in [0.05, 0.1) is 13.3 Å². The van der Waals surface area contributed by atoms with E-state index in [2.05, 4.69) is 22.0 Å². The van der Waals surface area contributed by atoms with E-state index in [9.17, 15) is 4.79 Å². The van der Waals surface area contributed by atoms with Crippen molar-refractivity contribution in [3.63, 3.8) is 0 Å². The molecule has 0 radical (unpaired) electrons. The first kappa shape index (κ1) is 20.5. The number of benzene rings is 2. The molecule has 1 aromatic heterocycles. The maximum Gasteiger partial charge on any atom is 0.223 e. The molecule has 3 rings (SSSR count). The van der Waals surface area contributed by atoms with Crippen molar-refractivity contribution in [3.05, 3.63) is 66.2 Å². The Kier molecular flexibility index (Phi) is 6.54. The molecule has 0 saturated heterocycles. The van der Waals surface area contributed by atoms with Gasteiger partial charge in [0.2, 0.25) is 5.91 Å². The number of hydrogen-bond acceptors (Lipinski definition) is 5. The zero-order chi connectivity index (χ0) is 20.8. The van der Waals surface area contributed by atoms with Crippen molar-refractivity contribution in [2.45, 2.75) is 19.4 Å². The summed E-state index contributed by atoms with van der Waals surface area (Å²) in [5.41, 5.74) is 3.16. The number of aryl methyl sites for hydroxylation is 1. The van der Waals surface area contributed by atoms with Crippen LogP contribution in [-0.2, 0) is 17.8 Å². The van der Waals surface area contributed by atoms with E-state index in [-0.39, 0.29) is 5.91 Å². The van der Waals surface area contributed by atoms with E-state index in [4.69, 9.17) is 9.15 Å². The number of oxazole rings is 1. The molecule has 0 aliphatic rings. The molecule has 3 aromatic rings. The molecule has 0 saturated carbocycles. The van der Waals surface area contributed by atoms with E-state index in [1.807, 2.05) is 57.5 Å². The summed E-state index contributed by atoms with van der Waals surface area (Å²) in [6, 6.07) is 15.8. The normalized spacial score (nSPS) is 10.6. The predicted octanol–water partition coefficient (Wildman–Crippen LogP) is 4.01. The highest BCUT2D eigenvalue weighted by atomic mass is 16.5. The molecule has 152 valence electrons. The molecule has 29 heavy (non-hydrogen) atoms. The van der Waals surface area contributed by atoms with E-state index < -0.39 is 0 Å². The summed E-state index contributed by atoms with van der Waals surface area (Å²) >= 11 is 0. The Balaban J connectivity index is 1.52. The highest BCUT2D eigenvalue weighted by Gasteiger charge is 2.13. The summed E-state index contributed by atoms with van der Waals surface area (Å²) in [5, 5.41) is 0. The van der Waals surface area contributed by atoms with Gasteiger partial charge >= 0.3 is 0 Å². The molecule has 1 amide bonds. The zero-order valence-corrected chi connectivity index (χ0v) is 17.4. The van der Waals surface area contributed by atoms with E-state index in [1.54, 1.807) is 18.2 Å². The van der Waals surface area contributed by atoms with Gasteiger partial charge in [0.1, 0.15) is 5.75 Å². The first-order valence-corrected chi connectivity index (χ1v) is 9.55. The molecule has 0 fully saturated rings. The van der Waals surface area contributed by atoms with E-state index in [0.29, 0.717) is 31.0 Å². The molecule has 6 heteroatoms. The SMILES string of the molecule is COc1ccc(-c2cnc(CCC(=O)N(C)Cc3ccc(N(C)C)cc3)o2)cc1. The summed E-state index contributed by atoms with van der Waals surface area (Å²) in [7, 11) is 7.47. The maximum atomic E-state index is 12.5. The fourth-order valence-corrected chi connectivity index (χ4v) is 2.98. The number of methoxy groups -OCH3 is 1. The van der Waals surface area contributed by atoms with Gasteiger partial charge in [0.25, 0.3) is 0 Å². The number of anilines is 1. The van der Waals surface area contributed by atoms with Crippen molar-refractivity contribution in [2.75, 3.05) is 33.2 Å². The van der Waals surface area contributed by atoms with Crippen molar-refractivity contribution in [1.29, 1.82) is 0 Å². The number of aromatic nitrogens is 1. The third-order valence-corrected chi connectivity index (χ3v) is 4.78. The van der Waals surface area contributed by atoms with Crippen LogP contribution in [0.4, 0.5) is 5.69 Å². The summed E-state index contributed by atoms with van der Waals surface area (Å²) in [6.07, 6.45) is 2.52. The van der Waals surface area contributed by atoms with E-state index in [1.165, 1.54) is 0 Å².